The van der Waals surface area contributed by atoms with Gasteiger partial charge in [-0.15, -0.1) is 0 Å². The quantitative estimate of drug-likeness (QED) is 0.175. The zero-order valence-electron chi connectivity index (χ0n) is 22.6. The largest absolute Gasteiger partial charge is 0.493 e. The Morgan fingerprint density at radius 1 is 0.895 bits per heavy atom. The standard InChI is InChI=1S/C31H37NO5S/c1-5-7-8-9-22-37-29-20-14-26(23-30(29)36-4)15-21-31(33)32(27-16-12-25(6-2)13-17-27)38(34,35)28-18-10-24(3)11-19-28/h10-21,23H,5-9,22H2,1-4H3/b21-15+. The van der Waals surface area contributed by atoms with Crippen LogP contribution in [-0.4, -0.2) is 28.0 Å². The number of sulfonamides is 1. The van der Waals surface area contributed by atoms with Gasteiger partial charge in [-0.05, 0) is 73.4 Å². The average Bonchev–Trinajstić information content (AvgIpc) is 2.92. The number of anilines is 1. The van der Waals surface area contributed by atoms with Gasteiger partial charge in [0.15, 0.2) is 11.5 Å². The molecular formula is C31H37NO5S. The van der Waals surface area contributed by atoms with E-state index >= 15 is 0 Å². The molecule has 202 valence electrons. The highest BCUT2D eigenvalue weighted by Gasteiger charge is 2.29. The first kappa shape index (κ1) is 29.0. The van der Waals surface area contributed by atoms with Crippen LogP contribution in [0, 0.1) is 6.92 Å². The van der Waals surface area contributed by atoms with Crippen LogP contribution in [0.5, 0.6) is 11.5 Å². The lowest BCUT2D eigenvalue weighted by Crippen LogP contribution is -2.35. The van der Waals surface area contributed by atoms with Crippen molar-refractivity contribution in [3.8, 4) is 11.5 Å². The van der Waals surface area contributed by atoms with E-state index in [1.54, 1.807) is 49.6 Å². The van der Waals surface area contributed by atoms with Crippen molar-refractivity contribution >= 4 is 27.7 Å². The Kier molecular flexibility index (Phi) is 10.5. The van der Waals surface area contributed by atoms with E-state index in [9.17, 15) is 13.2 Å². The first-order valence-electron chi connectivity index (χ1n) is 13.0. The van der Waals surface area contributed by atoms with Gasteiger partial charge < -0.3 is 9.47 Å². The number of methoxy groups -OCH3 is 1. The fourth-order valence-electron chi connectivity index (χ4n) is 3.92. The number of carbonyl (C=O) groups is 1. The molecule has 0 saturated heterocycles. The number of hydrogen-bond donors (Lipinski definition) is 0. The van der Waals surface area contributed by atoms with Crippen LogP contribution in [0.25, 0.3) is 6.08 Å². The van der Waals surface area contributed by atoms with Crippen LogP contribution in [0.15, 0.2) is 77.7 Å². The number of carbonyl (C=O) groups excluding carboxylic acids is 1. The van der Waals surface area contributed by atoms with E-state index in [1.807, 2.05) is 32.0 Å². The first-order chi connectivity index (χ1) is 18.3. The Hall–Kier alpha value is -3.58. The van der Waals surface area contributed by atoms with Crippen LogP contribution >= 0.6 is 0 Å². The van der Waals surface area contributed by atoms with Crippen LogP contribution in [0.2, 0.25) is 0 Å². The van der Waals surface area contributed by atoms with E-state index in [0.717, 1.165) is 41.1 Å². The Labute approximate surface area is 227 Å². The molecule has 6 nitrogen and oxygen atoms in total. The molecular weight excluding hydrogens is 498 g/mol. The van der Waals surface area contributed by atoms with Gasteiger partial charge in [0, 0.05) is 6.08 Å². The number of rotatable bonds is 13. The molecule has 0 atom stereocenters. The van der Waals surface area contributed by atoms with Crippen molar-refractivity contribution in [3.63, 3.8) is 0 Å². The highest BCUT2D eigenvalue weighted by atomic mass is 32.2. The molecule has 0 radical (unpaired) electrons. The van der Waals surface area contributed by atoms with E-state index in [-0.39, 0.29) is 10.6 Å². The molecule has 0 aromatic heterocycles. The number of benzene rings is 3. The van der Waals surface area contributed by atoms with Crippen molar-refractivity contribution in [3.05, 3.63) is 89.5 Å². The van der Waals surface area contributed by atoms with Gasteiger partial charge in [-0.2, -0.15) is 4.31 Å². The van der Waals surface area contributed by atoms with E-state index in [1.165, 1.54) is 24.6 Å². The normalized spacial score (nSPS) is 11.5. The zero-order chi connectivity index (χ0) is 27.5. The van der Waals surface area contributed by atoms with Crippen molar-refractivity contribution in [1.82, 2.24) is 0 Å². The van der Waals surface area contributed by atoms with Crippen LogP contribution in [-0.2, 0) is 21.2 Å². The molecule has 3 aromatic carbocycles. The van der Waals surface area contributed by atoms with Gasteiger partial charge in [0.05, 0.1) is 24.3 Å². The van der Waals surface area contributed by atoms with Crippen molar-refractivity contribution in [1.29, 1.82) is 0 Å². The molecule has 38 heavy (non-hydrogen) atoms. The number of unbranched alkanes of at least 4 members (excludes halogenated alkanes) is 3. The zero-order valence-corrected chi connectivity index (χ0v) is 23.5. The van der Waals surface area contributed by atoms with Crippen LogP contribution < -0.4 is 13.8 Å². The third kappa shape index (κ3) is 7.48. The van der Waals surface area contributed by atoms with Gasteiger partial charge in [0.1, 0.15) is 0 Å². The maximum absolute atomic E-state index is 13.6. The smallest absolute Gasteiger partial charge is 0.271 e. The lowest BCUT2D eigenvalue weighted by molar-refractivity contribution is -0.113. The second kappa shape index (κ2) is 13.8. The molecule has 1 amide bonds. The summed E-state index contributed by atoms with van der Waals surface area (Å²) in [6, 6.07) is 18.8. The molecule has 3 aromatic rings. The van der Waals surface area contributed by atoms with E-state index in [4.69, 9.17) is 9.47 Å². The van der Waals surface area contributed by atoms with Crippen molar-refractivity contribution in [2.75, 3.05) is 18.0 Å². The van der Waals surface area contributed by atoms with Gasteiger partial charge in [-0.3, -0.25) is 4.79 Å². The SMILES string of the molecule is CCCCCCOc1ccc(/C=C/C(=O)N(c2ccc(CC)cc2)S(=O)(=O)c2ccc(C)cc2)cc1OC. The number of aryl methyl sites for hydroxylation is 2. The fraction of sp³-hybridized carbons (Fsp3) is 0.323. The monoisotopic (exact) mass is 535 g/mol. The topological polar surface area (TPSA) is 72.9 Å². The van der Waals surface area contributed by atoms with E-state index < -0.39 is 15.9 Å². The van der Waals surface area contributed by atoms with E-state index in [0.29, 0.717) is 23.7 Å². The van der Waals surface area contributed by atoms with Gasteiger partial charge in [-0.1, -0.05) is 69.0 Å². The second-order valence-electron chi connectivity index (χ2n) is 9.09. The summed E-state index contributed by atoms with van der Waals surface area (Å²) in [5.41, 5.74) is 2.94. The lowest BCUT2D eigenvalue weighted by Gasteiger charge is -2.22. The first-order valence-corrected chi connectivity index (χ1v) is 14.5. The molecule has 0 aliphatic rings. The fourth-order valence-corrected chi connectivity index (χ4v) is 5.31. The molecule has 7 heteroatoms. The minimum Gasteiger partial charge on any atom is -0.493 e. The van der Waals surface area contributed by atoms with Gasteiger partial charge in [0.25, 0.3) is 15.9 Å². The summed E-state index contributed by atoms with van der Waals surface area (Å²) in [5, 5.41) is 0. The molecule has 0 aliphatic heterocycles. The second-order valence-corrected chi connectivity index (χ2v) is 10.9. The summed E-state index contributed by atoms with van der Waals surface area (Å²) in [4.78, 5) is 13.5. The van der Waals surface area contributed by atoms with Crippen molar-refractivity contribution < 1.29 is 22.7 Å². The third-order valence-electron chi connectivity index (χ3n) is 6.20. The maximum atomic E-state index is 13.6. The summed E-state index contributed by atoms with van der Waals surface area (Å²) in [6.07, 6.45) is 8.07. The average molecular weight is 536 g/mol. The van der Waals surface area contributed by atoms with E-state index in [2.05, 4.69) is 6.92 Å². The van der Waals surface area contributed by atoms with Gasteiger partial charge >= 0.3 is 0 Å². The van der Waals surface area contributed by atoms with Crippen LogP contribution in [0.1, 0.15) is 56.2 Å². The predicted octanol–water partition coefficient (Wildman–Crippen LogP) is 6.96. The number of nitrogens with zero attached hydrogens (tertiary/aromatic N) is 1. The molecule has 0 unspecified atom stereocenters. The number of hydrogen-bond acceptors (Lipinski definition) is 5. The molecule has 0 saturated carbocycles. The summed E-state index contributed by atoms with van der Waals surface area (Å²) >= 11 is 0. The highest BCUT2D eigenvalue weighted by molar-refractivity contribution is 7.93. The van der Waals surface area contributed by atoms with Crippen LogP contribution in [0.3, 0.4) is 0 Å². The summed E-state index contributed by atoms with van der Waals surface area (Å²) in [7, 11) is -2.58. The molecule has 0 spiro atoms. The maximum Gasteiger partial charge on any atom is 0.271 e. The van der Waals surface area contributed by atoms with Crippen molar-refractivity contribution in [2.45, 2.75) is 57.8 Å². The van der Waals surface area contributed by atoms with Crippen molar-refractivity contribution in [2.24, 2.45) is 0 Å². The lowest BCUT2D eigenvalue weighted by atomic mass is 10.1. The highest BCUT2D eigenvalue weighted by Crippen LogP contribution is 2.30. The molecule has 3 rings (SSSR count). The minimum absolute atomic E-state index is 0.0477. The molecule has 0 heterocycles. The Morgan fingerprint density at radius 3 is 2.24 bits per heavy atom. The molecule has 0 fully saturated rings. The summed E-state index contributed by atoms with van der Waals surface area (Å²) < 4.78 is 39.4. The summed E-state index contributed by atoms with van der Waals surface area (Å²) in [6.45, 7) is 6.66. The van der Waals surface area contributed by atoms with Gasteiger partial charge in [0.2, 0.25) is 0 Å². The van der Waals surface area contributed by atoms with Gasteiger partial charge in [-0.25, -0.2) is 8.42 Å². The number of ether oxygens (including phenoxy) is 2. The number of amides is 1. The summed E-state index contributed by atoms with van der Waals surface area (Å²) in [5.74, 6) is 0.506. The Bertz CT molecular complexity index is 1330. The van der Waals surface area contributed by atoms with Crippen LogP contribution in [0.4, 0.5) is 5.69 Å². The predicted molar refractivity (Wildman–Crippen MR) is 153 cm³/mol. The molecule has 0 bridgehead atoms. The third-order valence-corrected chi connectivity index (χ3v) is 7.94. The Morgan fingerprint density at radius 2 is 1.61 bits per heavy atom. The molecule has 0 aliphatic carbocycles. The molecule has 0 N–H and O–H groups in total. The Balaban J connectivity index is 1.87. The minimum atomic E-state index is -4.14.